The van der Waals surface area contributed by atoms with Gasteiger partial charge < -0.3 is 86.0 Å². The van der Waals surface area contributed by atoms with E-state index in [-0.39, 0.29) is 55.4 Å². The third-order valence-electron chi connectivity index (χ3n) is 15.1. The van der Waals surface area contributed by atoms with Crippen LogP contribution in [-0.2, 0) is 47.5 Å². The molecule has 0 aromatic heterocycles. The number of aromatic carboxylic acids is 1. The van der Waals surface area contributed by atoms with Crippen molar-refractivity contribution >= 4 is 29.8 Å². The lowest BCUT2D eigenvalue weighted by molar-refractivity contribution is -0.150. The molecule has 2 fully saturated rings. The molecule has 0 radical (unpaired) electrons. The number of esters is 4. The molecule has 2 aliphatic rings. The van der Waals surface area contributed by atoms with Gasteiger partial charge in [0.2, 0.25) is 6.79 Å². The molecule has 2 aliphatic heterocycles. The van der Waals surface area contributed by atoms with Crippen LogP contribution in [0.15, 0.2) is 170 Å². The third kappa shape index (κ3) is 30.0. The lowest BCUT2D eigenvalue weighted by atomic mass is 9.84. The molecule has 534 valence electrons. The van der Waals surface area contributed by atoms with Crippen LogP contribution in [0.4, 0.5) is 0 Å². The number of rotatable bonds is 43. The van der Waals surface area contributed by atoms with Crippen molar-refractivity contribution in [2.24, 2.45) is 10.8 Å². The van der Waals surface area contributed by atoms with E-state index in [0.29, 0.717) is 102 Å². The summed E-state index contributed by atoms with van der Waals surface area (Å²) in [4.78, 5) is 57.9. The smallest absolute Gasteiger partial charge is 0.343 e. The number of hydrogen-bond acceptors (Lipinski definition) is 22. The Kier molecular flexibility index (Phi) is 34.7. The summed E-state index contributed by atoms with van der Waals surface area (Å²) in [5.74, 6) is 1.84. The van der Waals surface area contributed by atoms with Crippen molar-refractivity contribution in [2.45, 2.75) is 66.2 Å². The van der Waals surface area contributed by atoms with E-state index >= 15 is 0 Å². The summed E-state index contributed by atoms with van der Waals surface area (Å²) in [6.07, 6.45) is 5.92. The van der Waals surface area contributed by atoms with Crippen LogP contribution in [0, 0.1) is 10.8 Å². The Morgan fingerprint density at radius 3 is 1.02 bits per heavy atom. The summed E-state index contributed by atoms with van der Waals surface area (Å²) < 4.78 is 87.2. The molecule has 0 bridgehead atoms. The van der Waals surface area contributed by atoms with Gasteiger partial charge in [-0.15, -0.1) is 0 Å². The van der Waals surface area contributed by atoms with Crippen molar-refractivity contribution in [3.63, 3.8) is 0 Å². The number of hydrogen-bond donors (Lipinski definition) is 2. The molecule has 0 atom stereocenters. The molecule has 0 unspecified atom stereocenters. The van der Waals surface area contributed by atoms with Crippen LogP contribution in [0.2, 0.25) is 0 Å². The van der Waals surface area contributed by atoms with Crippen LogP contribution in [0.3, 0.4) is 0 Å². The molecule has 0 aliphatic carbocycles. The van der Waals surface area contributed by atoms with Crippen molar-refractivity contribution < 1.29 is 110 Å². The average Bonchev–Trinajstić information content (AvgIpc) is 0.844. The van der Waals surface area contributed by atoms with Crippen molar-refractivity contribution in [3.8, 4) is 51.7 Å². The summed E-state index contributed by atoms with van der Waals surface area (Å²) in [5.41, 5.74) is 2.18. The fourth-order valence-electron chi connectivity index (χ4n) is 8.72. The van der Waals surface area contributed by atoms with E-state index in [9.17, 15) is 29.1 Å². The zero-order valence-corrected chi connectivity index (χ0v) is 56.9. The lowest BCUT2D eigenvalue weighted by Crippen LogP contribution is -2.45. The molecule has 23 heteroatoms. The normalized spacial score (nSPS) is 12.9. The predicted molar refractivity (Wildman–Crippen MR) is 366 cm³/mol. The molecule has 99 heavy (non-hydrogen) atoms. The van der Waals surface area contributed by atoms with Crippen molar-refractivity contribution in [1.82, 2.24) is 0 Å². The summed E-state index contributed by atoms with van der Waals surface area (Å²) >= 11 is 0. The topological polar surface area (TPSA) is 273 Å². The minimum absolute atomic E-state index is 0.0101. The van der Waals surface area contributed by atoms with Gasteiger partial charge in [-0.25, -0.2) is 24.0 Å². The third-order valence-corrected chi connectivity index (χ3v) is 15.1. The minimum atomic E-state index is -0.926. The van der Waals surface area contributed by atoms with Crippen LogP contribution in [0.1, 0.15) is 97.3 Å². The monoisotopic (exact) mass is 1370 g/mol. The van der Waals surface area contributed by atoms with Gasteiger partial charge >= 0.3 is 29.8 Å². The molecule has 6 aromatic carbocycles. The number of carbonyl (C=O) groups is 5. The molecule has 6 aromatic rings. The Balaban J connectivity index is 0.000000260. The van der Waals surface area contributed by atoms with Gasteiger partial charge in [-0.1, -0.05) is 27.0 Å². The minimum Gasteiger partial charge on any atom is -0.508 e. The van der Waals surface area contributed by atoms with Crippen LogP contribution in [0.25, 0.3) is 0 Å². The highest BCUT2D eigenvalue weighted by molar-refractivity contribution is 5.92. The molecule has 2 saturated heterocycles. The van der Waals surface area contributed by atoms with Crippen molar-refractivity contribution in [2.75, 3.05) is 126 Å². The molecule has 2 heterocycles. The zero-order chi connectivity index (χ0) is 70.9. The number of carbonyl (C=O) groups excluding carboxylic acids is 4. The van der Waals surface area contributed by atoms with Crippen molar-refractivity contribution in [1.29, 1.82) is 0 Å². The van der Waals surface area contributed by atoms with Crippen LogP contribution < -0.4 is 37.9 Å². The van der Waals surface area contributed by atoms with Gasteiger partial charge in [0, 0.05) is 35.2 Å². The number of benzene rings is 6. The van der Waals surface area contributed by atoms with Gasteiger partial charge in [-0.2, -0.15) is 0 Å². The number of unbranched alkanes of at least 4 members (excludes halogenated alkanes) is 2. The number of carboxylic acids is 1. The Hall–Kier alpha value is -9.49. The molecule has 0 amide bonds. The summed E-state index contributed by atoms with van der Waals surface area (Å²) in [6, 6.07) is 39.5. The predicted octanol–water partition coefficient (Wildman–Crippen LogP) is 12.6. The second kappa shape index (κ2) is 43.7. The Morgan fingerprint density at radius 2 is 0.687 bits per heavy atom. The van der Waals surface area contributed by atoms with Gasteiger partial charge in [0.1, 0.15) is 78.2 Å². The van der Waals surface area contributed by atoms with E-state index < -0.39 is 29.8 Å². The number of phenols is 1. The maximum atomic E-state index is 12.6. The maximum Gasteiger partial charge on any atom is 0.343 e. The van der Waals surface area contributed by atoms with Gasteiger partial charge in [-0.3, -0.25) is 0 Å². The molecular weight excluding hydrogens is 1280 g/mol. The largest absolute Gasteiger partial charge is 0.508 e. The van der Waals surface area contributed by atoms with E-state index in [2.05, 4.69) is 27.0 Å². The van der Waals surface area contributed by atoms with Crippen LogP contribution in [0.5, 0.6) is 51.7 Å². The number of carboxylic acid groups (broad SMARTS) is 1. The summed E-state index contributed by atoms with van der Waals surface area (Å²) in [6.45, 7) is 24.1. The van der Waals surface area contributed by atoms with E-state index in [1.165, 1.54) is 24.3 Å². The highest BCUT2D eigenvalue weighted by Crippen LogP contribution is 2.33. The Bertz CT molecular complexity index is 3350. The first kappa shape index (κ1) is 78.5. The molecule has 0 spiro atoms. The lowest BCUT2D eigenvalue weighted by Gasteiger charge is -2.40. The zero-order valence-electron chi connectivity index (χ0n) is 56.9. The Labute approximate surface area is 578 Å². The highest BCUT2D eigenvalue weighted by atomic mass is 16.7. The fraction of sp³-hybridized carbons (Fsp3) is 0.408. The average molecular weight is 1370 g/mol. The van der Waals surface area contributed by atoms with E-state index in [4.69, 9.17) is 80.9 Å². The number of aromatic hydroxyl groups is 1. The molecule has 2 N–H and O–H groups in total. The van der Waals surface area contributed by atoms with Gasteiger partial charge in [0.15, 0.2) is 0 Å². The van der Waals surface area contributed by atoms with Gasteiger partial charge in [0.05, 0.1) is 96.0 Å². The fourth-order valence-corrected chi connectivity index (χ4v) is 8.72. The summed E-state index contributed by atoms with van der Waals surface area (Å²) in [7, 11) is 0. The summed E-state index contributed by atoms with van der Waals surface area (Å²) in [5, 5.41) is 18.0. The van der Waals surface area contributed by atoms with E-state index in [1.54, 1.807) is 111 Å². The number of phenolic OH excluding ortho intramolecular Hbond substituents is 1. The first-order chi connectivity index (χ1) is 48.0. The molecule has 0 saturated carbocycles. The quantitative estimate of drug-likeness (QED) is 0.0118. The molecular formula is C76H92O23. The first-order valence-electron chi connectivity index (χ1n) is 32.8. The highest BCUT2D eigenvalue weighted by Gasteiger charge is 2.37. The van der Waals surface area contributed by atoms with E-state index in [0.717, 1.165) is 97.1 Å². The van der Waals surface area contributed by atoms with E-state index in [1.807, 2.05) is 24.3 Å². The van der Waals surface area contributed by atoms with Gasteiger partial charge in [-0.05, 0) is 198 Å². The number of ether oxygens (including phenoxy) is 16. The first-order valence-corrected chi connectivity index (χ1v) is 32.8. The van der Waals surface area contributed by atoms with Crippen LogP contribution >= 0.6 is 0 Å². The molecule has 8 rings (SSSR count). The molecule has 23 nitrogen and oxygen atoms in total. The second-order valence-electron chi connectivity index (χ2n) is 23.2. The SMILES string of the molecule is C=C(C)C(=O)OCCOCCOc1ccc(C(=O)Oc2ccc(O)cc2)cc1.C=C(C)C(=O)OCCOCCOc1ccc(C(=O)Oc2ccc(OCOc3ccc(OCCCCOCC4(CC)COC4)cc3)cc2)cc1.CCC1(COCCCCOc2ccc(C(=O)O)cc2)COC1. The Morgan fingerprint density at radius 1 is 0.384 bits per heavy atom. The second-order valence-corrected chi connectivity index (χ2v) is 23.2. The van der Waals surface area contributed by atoms with Crippen molar-refractivity contribution in [3.05, 3.63) is 187 Å². The van der Waals surface area contributed by atoms with Crippen LogP contribution in [-0.4, -0.2) is 166 Å². The van der Waals surface area contributed by atoms with Gasteiger partial charge in [0.25, 0.3) is 0 Å². The standard InChI is InChI=1S/C38H46O11.C21H22O7.C17H24O5/c1-4-38(26-43-27-38)25-42-19-5-6-20-44-32-11-13-33(14-12-32)47-28-48-34-15-17-35(18-16-34)49-37(40)30-7-9-31(10-8-30)45-23-21-41-22-24-46-36(39)29(2)3;1-15(2)20(23)27-14-12-25-11-13-26-18-7-3-16(4-8-18)21(24)28-19-9-5-17(22)6-10-19;1-2-17(12-21-13-17)11-20-9-3-4-10-22-15-7-5-14(6-8-15)16(18)19/h7-18H,2,4-6,19-28H2,1,3H3;3-10,22H,1,11-14H2,2H3;5-8H,2-4,9-13H2,1H3,(H,18,19). The maximum absolute atomic E-state index is 12.6.